The van der Waals surface area contributed by atoms with Gasteiger partial charge in [-0.2, -0.15) is 0 Å². The predicted octanol–water partition coefficient (Wildman–Crippen LogP) is -0.175. The van der Waals surface area contributed by atoms with Gasteiger partial charge in [-0.3, -0.25) is 4.79 Å². The third-order valence-corrected chi connectivity index (χ3v) is 1.55. The summed E-state index contributed by atoms with van der Waals surface area (Å²) < 4.78 is 4.53. The number of aliphatic hydroxyl groups is 2. The summed E-state index contributed by atoms with van der Waals surface area (Å²) in [5, 5.41) is 17.5. The molecule has 7 heteroatoms. The molecule has 0 aliphatic rings. The zero-order chi connectivity index (χ0) is 12.6. The van der Waals surface area contributed by atoms with Crippen molar-refractivity contribution in [1.82, 2.24) is 0 Å². The molecular formula is C11H16O5Rf2-2. The number of allylic oxidation sites excluding steroid dienone is 1. The van der Waals surface area contributed by atoms with Crippen molar-refractivity contribution in [3.63, 3.8) is 0 Å². The van der Waals surface area contributed by atoms with Crippen LogP contribution in [-0.4, -0.2) is 40.8 Å². The van der Waals surface area contributed by atoms with Gasteiger partial charge in [-0.05, 0) is 18.6 Å². The molecule has 0 aromatic heterocycles. The third kappa shape index (κ3) is 12.8. The van der Waals surface area contributed by atoms with Gasteiger partial charge in [-0.1, -0.05) is 6.10 Å². The third-order valence-electron chi connectivity index (χ3n) is 1.55. The van der Waals surface area contributed by atoms with E-state index in [1.807, 2.05) is 0 Å². The first-order valence-corrected chi connectivity index (χ1v) is 4.81. The Morgan fingerprint density at radius 2 is 1.67 bits per heavy atom. The summed E-state index contributed by atoms with van der Waals surface area (Å²) >= 11 is 0. The topological polar surface area (TPSA) is 83.8 Å². The molecule has 0 aromatic carbocycles. The minimum Gasteiger partial charge on any atom is -0.463 e. The van der Waals surface area contributed by atoms with Crippen LogP contribution in [0.2, 0.25) is 0 Å². The summed E-state index contributed by atoms with van der Waals surface area (Å²) in [6.07, 6.45) is 0.641. The summed E-state index contributed by atoms with van der Waals surface area (Å²) in [6.45, 7) is 6.30. The zero-order valence-electron chi connectivity index (χ0n) is 10.4. The van der Waals surface area contributed by atoms with Crippen molar-refractivity contribution in [2.45, 2.75) is 25.0 Å². The van der Waals surface area contributed by atoms with Crippen LogP contribution < -0.4 is 0 Å². The molecule has 96 valence electrons. The maximum Gasteiger partial charge on any atom is 0.330 e. The normalized spacial score (nSPS) is 13.1. The molecular weight excluding hydrogens is 746 g/mol. The molecule has 0 radical (unpaired) electrons. The standard InChI is InChI=1S/C11H16O5.2Rf/c1-8(12)3-4-10(14)5-6-11(15)16-7-9(2)13;;/h5-6,8-9,12-13H,1-4,7H2;;/q-2;;/b6-5+;;. The van der Waals surface area contributed by atoms with E-state index in [4.69, 9.17) is 10.2 Å². The van der Waals surface area contributed by atoms with Crippen LogP contribution in [0.3, 0.4) is 0 Å². The van der Waals surface area contributed by atoms with Gasteiger partial charge in [-0.25, -0.2) is 4.79 Å². The van der Waals surface area contributed by atoms with Gasteiger partial charge in [0.05, 0.1) is 6.61 Å². The first kappa shape index (κ1) is 20.2. The van der Waals surface area contributed by atoms with Crippen molar-refractivity contribution >= 4 is 11.8 Å². The van der Waals surface area contributed by atoms with Crippen molar-refractivity contribution in [3.8, 4) is 0 Å². The average molecular weight is 762 g/mol. The molecule has 0 aromatic rings. The second kappa shape index (κ2) is 10.3. The molecule has 0 heterocycles. The van der Waals surface area contributed by atoms with Crippen LogP contribution in [0, 0.1) is 13.8 Å². The van der Waals surface area contributed by atoms with Crippen molar-refractivity contribution in [2.24, 2.45) is 0 Å². The molecule has 0 saturated heterocycles. The fourth-order valence-electron chi connectivity index (χ4n) is 0.780. The number of esters is 1. The number of ketones is 1. The number of carbonyl (C=O) groups excluding carboxylic acids is 2. The largest absolute Gasteiger partial charge is 0.463 e. The first-order valence-electron chi connectivity index (χ1n) is 4.81. The van der Waals surface area contributed by atoms with E-state index >= 15 is 0 Å². The molecule has 0 aliphatic heterocycles. The molecule has 18 heavy (non-hydrogen) atoms. The molecule has 2 unspecified atom stereocenters. The Morgan fingerprint density at radius 1 is 1.11 bits per heavy atom. The average Bonchev–Trinajstić information content (AvgIpc) is 2.20. The predicted molar refractivity (Wildman–Crippen MR) is 57.1 cm³/mol. The molecule has 0 fully saturated rings. The Balaban J connectivity index is -0.00000112. The summed E-state index contributed by atoms with van der Waals surface area (Å²) in [7, 11) is 0. The number of ether oxygens (including phenoxy) is 1. The Bertz CT molecular complexity index is 238. The van der Waals surface area contributed by atoms with Crippen LogP contribution in [0.1, 0.15) is 12.8 Å². The second-order valence-electron chi connectivity index (χ2n) is 3.28. The molecule has 0 rings (SSSR count). The minimum atomic E-state index is -0.977. The SMILES string of the molecule is [CH2-]C(O)CCC(=O)/C=C/C(=O)OCC([CH2-])O.[Rf].[Rf]. The van der Waals surface area contributed by atoms with Crippen molar-refractivity contribution in [2.75, 3.05) is 6.61 Å². The second-order valence-corrected chi connectivity index (χ2v) is 3.28. The van der Waals surface area contributed by atoms with Gasteiger partial charge in [0.25, 0.3) is 0 Å². The van der Waals surface area contributed by atoms with Gasteiger partial charge in [-0.15, -0.1) is 0 Å². The minimum absolute atomic E-state index is 0. The molecule has 5 nitrogen and oxygen atoms in total. The Kier molecular flexibility index (Phi) is 11.6. The fraction of sp³-hybridized carbons (Fsp3) is 0.455. The molecule has 2 atom stereocenters. The van der Waals surface area contributed by atoms with Gasteiger partial charge in [0.2, 0.25) is 0 Å². The molecule has 0 spiro atoms. The van der Waals surface area contributed by atoms with Crippen molar-refractivity contribution in [1.29, 1.82) is 0 Å². The summed E-state index contributed by atoms with van der Waals surface area (Å²) in [6, 6.07) is 0. The summed E-state index contributed by atoms with van der Waals surface area (Å²) in [4.78, 5) is 22.0. The van der Waals surface area contributed by atoms with Gasteiger partial charge in [0.1, 0.15) is 0 Å². The van der Waals surface area contributed by atoms with E-state index < -0.39 is 18.2 Å². The Hall–Kier alpha value is -3.20. The number of rotatable bonds is 7. The van der Waals surface area contributed by atoms with E-state index in [2.05, 4.69) is 18.6 Å². The van der Waals surface area contributed by atoms with E-state index in [0.29, 0.717) is 0 Å². The molecule has 0 amide bonds. The van der Waals surface area contributed by atoms with E-state index in [1.165, 1.54) is 0 Å². The monoisotopic (exact) mass is 762 g/mol. The van der Waals surface area contributed by atoms with Crippen LogP contribution >= 0.6 is 0 Å². The molecule has 0 aliphatic carbocycles. The van der Waals surface area contributed by atoms with E-state index in [0.717, 1.165) is 12.2 Å². The number of hydrogen-bond acceptors (Lipinski definition) is 5. The number of carbonyl (C=O) groups is 2. The van der Waals surface area contributed by atoms with Gasteiger partial charge < -0.3 is 28.8 Å². The number of hydrogen-bond donors (Lipinski definition) is 2. The van der Waals surface area contributed by atoms with Crippen LogP contribution in [0.15, 0.2) is 12.2 Å². The van der Waals surface area contributed by atoms with Gasteiger partial charge in [0.15, 0.2) is 5.78 Å². The first-order chi connectivity index (χ1) is 7.41. The maximum atomic E-state index is 11.1. The van der Waals surface area contributed by atoms with Gasteiger partial charge in [0, 0.05) is 12.5 Å². The van der Waals surface area contributed by atoms with Crippen LogP contribution in [0.4, 0.5) is 0 Å². The Morgan fingerprint density at radius 3 is 2.11 bits per heavy atom. The van der Waals surface area contributed by atoms with Crippen LogP contribution in [0.25, 0.3) is 0 Å². The van der Waals surface area contributed by atoms with Gasteiger partial charge >= 0.3 is 5.97 Å². The summed E-state index contributed by atoms with van der Waals surface area (Å²) in [5.41, 5.74) is 0. The fourth-order valence-corrected chi connectivity index (χ4v) is 0.780. The van der Waals surface area contributed by atoms with Crippen molar-refractivity contribution in [3.05, 3.63) is 26.0 Å². The van der Waals surface area contributed by atoms with E-state index in [9.17, 15) is 9.59 Å². The number of aliphatic hydroxyl groups excluding tert-OH is 2. The van der Waals surface area contributed by atoms with E-state index in [1.54, 1.807) is 0 Å². The molecule has 0 saturated carbocycles. The molecule has 0 bridgehead atoms. The quantitative estimate of drug-likeness (QED) is 0.214. The van der Waals surface area contributed by atoms with Crippen LogP contribution in [-0.2, 0) is 14.3 Å². The maximum absolute atomic E-state index is 11.1. The Labute approximate surface area is 94.7 Å². The summed E-state index contributed by atoms with van der Waals surface area (Å²) in [5.74, 6) is -1.01. The zero-order valence-corrected chi connectivity index (χ0v) is 23.2. The molecule has 2 N–H and O–H groups in total. The van der Waals surface area contributed by atoms with Crippen LogP contribution in [0.5, 0.6) is 0 Å². The van der Waals surface area contributed by atoms with E-state index in [-0.39, 0.29) is 25.2 Å². The van der Waals surface area contributed by atoms with Crippen molar-refractivity contribution < 1.29 is 24.5 Å². The smallest absolute Gasteiger partial charge is 0.330 e.